The van der Waals surface area contributed by atoms with Crippen molar-refractivity contribution >= 4 is 11.9 Å². The van der Waals surface area contributed by atoms with Gasteiger partial charge in [0.05, 0.1) is 11.3 Å². The Morgan fingerprint density at radius 3 is 2.92 bits per heavy atom. The maximum Gasteiger partial charge on any atom is 0.323 e. The molecule has 64 valence electrons. The van der Waals surface area contributed by atoms with Crippen LogP contribution in [0.25, 0.3) is 0 Å². The molecular weight excluding hydrogens is 156 g/mol. The standard InChI is InChI=1S/C9H10O3/c1-9-4-2-6(3-5-9)7(10)12-8(9)11/h2,4,6H,3,5H2,1H3. The van der Waals surface area contributed by atoms with Crippen LogP contribution in [0, 0.1) is 11.3 Å². The highest BCUT2D eigenvalue weighted by molar-refractivity contribution is 5.94. The fraction of sp³-hybridized carbons (Fsp3) is 0.556. The van der Waals surface area contributed by atoms with E-state index in [-0.39, 0.29) is 5.92 Å². The minimum absolute atomic E-state index is 0.190. The van der Waals surface area contributed by atoms with Gasteiger partial charge in [0, 0.05) is 0 Å². The lowest BCUT2D eigenvalue weighted by Crippen LogP contribution is -2.26. The van der Waals surface area contributed by atoms with Crippen LogP contribution in [0.15, 0.2) is 12.2 Å². The zero-order chi connectivity index (χ0) is 8.77. The average molecular weight is 166 g/mol. The van der Waals surface area contributed by atoms with E-state index in [2.05, 4.69) is 4.74 Å². The molecule has 2 heterocycles. The molecular formula is C9H10O3. The molecule has 3 rings (SSSR count). The van der Waals surface area contributed by atoms with Gasteiger partial charge < -0.3 is 4.74 Å². The molecule has 3 aliphatic rings. The topological polar surface area (TPSA) is 43.4 Å². The smallest absolute Gasteiger partial charge is 0.323 e. The highest BCUT2D eigenvalue weighted by atomic mass is 16.6. The zero-order valence-corrected chi connectivity index (χ0v) is 6.87. The number of fused-ring (bicyclic) bond motifs is 3. The SMILES string of the molecule is CC12C=CC(CC1)C(=O)OC2=O. The van der Waals surface area contributed by atoms with Crippen LogP contribution >= 0.6 is 0 Å². The van der Waals surface area contributed by atoms with E-state index in [1.807, 2.05) is 0 Å². The van der Waals surface area contributed by atoms with E-state index < -0.39 is 17.4 Å². The molecule has 2 aliphatic heterocycles. The van der Waals surface area contributed by atoms with Crippen molar-refractivity contribution in [3.8, 4) is 0 Å². The number of hydrogen-bond donors (Lipinski definition) is 0. The van der Waals surface area contributed by atoms with Crippen LogP contribution in [-0.4, -0.2) is 11.9 Å². The van der Waals surface area contributed by atoms with E-state index in [0.29, 0.717) is 0 Å². The monoisotopic (exact) mass is 166 g/mol. The van der Waals surface area contributed by atoms with Crippen molar-refractivity contribution < 1.29 is 14.3 Å². The van der Waals surface area contributed by atoms with Crippen molar-refractivity contribution in [1.29, 1.82) is 0 Å². The van der Waals surface area contributed by atoms with E-state index in [1.54, 1.807) is 19.1 Å². The molecule has 1 saturated heterocycles. The van der Waals surface area contributed by atoms with Gasteiger partial charge in [-0.05, 0) is 19.8 Å². The lowest BCUT2D eigenvalue weighted by Gasteiger charge is -2.22. The Hall–Kier alpha value is -1.12. The Morgan fingerprint density at radius 1 is 1.58 bits per heavy atom. The van der Waals surface area contributed by atoms with Gasteiger partial charge >= 0.3 is 11.9 Å². The van der Waals surface area contributed by atoms with Gasteiger partial charge in [-0.2, -0.15) is 0 Å². The first kappa shape index (κ1) is 7.53. The fourth-order valence-corrected chi connectivity index (χ4v) is 1.61. The molecule has 0 radical (unpaired) electrons. The average Bonchev–Trinajstić information content (AvgIpc) is 2.19. The Morgan fingerprint density at radius 2 is 2.33 bits per heavy atom. The van der Waals surface area contributed by atoms with Gasteiger partial charge in [0.1, 0.15) is 0 Å². The molecule has 0 aromatic carbocycles. The van der Waals surface area contributed by atoms with Crippen LogP contribution in [0.2, 0.25) is 0 Å². The van der Waals surface area contributed by atoms with E-state index >= 15 is 0 Å². The molecule has 0 amide bonds. The summed E-state index contributed by atoms with van der Waals surface area (Å²) in [7, 11) is 0. The van der Waals surface area contributed by atoms with Gasteiger partial charge in [0.2, 0.25) is 0 Å². The van der Waals surface area contributed by atoms with Crippen LogP contribution in [0.3, 0.4) is 0 Å². The van der Waals surface area contributed by atoms with Crippen LogP contribution in [-0.2, 0) is 14.3 Å². The van der Waals surface area contributed by atoms with Crippen molar-refractivity contribution in [2.45, 2.75) is 19.8 Å². The summed E-state index contributed by atoms with van der Waals surface area (Å²) >= 11 is 0. The summed E-state index contributed by atoms with van der Waals surface area (Å²) in [5.74, 6) is -0.981. The zero-order valence-electron chi connectivity index (χ0n) is 6.87. The number of hydrogen-bond acceptors (Lipinski definition) is 3. The molecule has 1 aliphatic carbocycles. The Bertz CT molecular complexity index is 279. The minimum atomic E-state index is -0.553. The van der Waals surface area contributed by atoms with Crippen molar-refractivity contribution in [2.24, 2.45) is 11.3 Å². The van der Waals surface area contributed by atoms with Crippen molar-refractivity contribution in [3.63, 3.8) is 0 Å². The third kappa shape index (κ3) is 0.891. The van der Waals surface area contributed by atoms with E-state index in [1.165, 1.54) is 0 Å². The van der Waals surface area contributed by atoms with Gasteiger partial charge in [0.25, 0.3) is 0 Å². The Balaban J connectivity index is 2.43. The Labute approximate surface area is 70.4 Å². The van der Waals surface area contributed by atoms with Crippen molar-refractivity contribution in [1.82, 2.24) is 0 Å². The normalized spacial score (nSPS) is 39.6. The highest BCUT2D eigenvalue weighted by Gasteiger charge is 2.42. The molecule has 3 nitrogen and oxygen atoms in total. The number of ether oxygens (including phenoxy) is 1. The lowest BCUT2D eigenvalue weighted by molar-refractivity contribution is -0.163. The first-order valence-corrected chi connectivity index (χ1v) is 4.07. The van der Waals surface area contributed by atoms with Crippen LogP contribution in [0.4, 0.5) is 0 Å². The molecule has 2 bridgehead atoms. The molecule has 3 heteroatoms. The molecule has 2 atom stereocenters. The molecule has 0 spiro atoms. The third-order valence-electron chi connectivity index (χ3n) is 2.63. The predicted octanol–water partition coefficient (Wildman–Crippen LogP) is 1.04. The van der Waals surface area contributed by atoms with Crippen molar-refractivity contribution in [3.05, 3.63) is 12.2 Å². The van der Waals surface area contributed by atoms with Crippen LogP contribution < -0.4 is 0 Å². The van der Waals surface area contributed by atoms with E-state index in [0.717, 1.165) is 12.8 Å². The second-order valence-electron chi connectivity index (χ2n) is 3.63. The summed E-state index contributed by atoms with van der Waals surface area (Å²) in [6.07, 6.45) is 5.04. The first-order valence-electron chi connectivity index (χ1n) is 4.07. The molecule has 0 N–H and O–H groups in total. The van der Waals surface area contributed by atoms with Gasteiger partial charge in [-0.3, -0.25) is 9.59 Å². The summed E-state index contributed by atoms with van der Waals surface area (Å²) < 4.78 is 4.66. The molecule has 2 unspecified atom stereocenters. The minimum Gasteiger partial charge on any atom is -0.392 e. The van der Waals surface area contributed by atoms with Crippen LogP contribution in [0.1, 0.15) is 19.8 Å². The quantitative estimate of drug-likeness (QED) is 0.307. The lowest BCUT2D eigenvalue weighted by atomic mass is 9.79. The van der Waals surface area contributed by atoms with E-state index in [4.69, 9.17) is 0 Å². The van der Waals surface area contributed by atoms with Gasteiger partial charge in [-0.25, -0.2) is 0 Å². The van der Waals surface area contributed by atoms with Crippen LogP contribution in [0.5, 0.6) is 0 Å². The number of carbonyl (C=O) groups is 2. The molecule has 12 heavy (non-hydrogen) atoms. The summed E-state index contributed by atoms with van der Waals surface area (Å²) in [6.45, 7) is 1.81. The maximum atomic E-state index is 11.3. The second kappa shape index (κ2) is 2.19. The Kier molecular flexibility index (Phi) is 1.37. The summed E-state index contributed by atoms with van der Waals surface area (Å²) in [4.78, 5) is 22.4. The second-order valence-corrected chi connectivity index (χ2v) is 3.63. The number of esters is 2. The third-order valence-corrected chi connectivity index (χ3v) is 2.63. The van der Waals surface area contributed by atoms with E-state index in [9.17, 15) is 9.59 Å². The predicted molar refractivity (Wildman–Crippen MR) is 41.1 cm³/mol. The molecule has 1 fully saturated rings. The maximum absolute atomic E-state index is 11.3. The molecule has 0 aromatic rings. The molecule has 0 aromatic heterocycles. The number of rotatable bonds is 0. The summed E-state index contributed by atoms with van der Waals surface area (Å²) in [6, 6.07) is 0. The summed E-state index contributed by atoms with van der Waals surface area (Å²) in [5, 5.41) is 0. The number of carbonyl (C=O) groups excluding carboxylic acids is 2. The fourth-order valence-electron chi connectivity index (χ4n) is 1.61. The van der Waals surface area contributed by atoms with Gasteiger partial charge in [-0.1, -0.05) is 12.2 Å². The first-order chi connectivity index (χ1) is 5.62. The largest absolute Gasteiger partial charge is 0.392 e. The van der Waals surface area contributed by atoms with Crippen molar-refractivity contribution in [2.75, 3.05) is 0 Å². The summed E-state index contributed by atoms with van der Waals surface area (Å²) in [5.41, 5.74) is -0.553. The van der Waals surface area contributed by atoms with Gasteiger partial charge in [0.15, 0.2) is 0 Å². The van der Waals surface area contributed by atoms with Gasteiger partial charge in [-0.15, -0.1) is 0 Å². The highest BCUT2D eigenvalue weighted by Crippen LogP contribution is 2.37. The molecule has 0 saturated carbocycles.